The molecule has 0 saturated heterocycles. The minimum absolute atomic E-state index is 0.317. The van der Waals surface area contributed by atoms with Gasteiger partial charge in [0.15, 0.2) is 0 Å². The molecule has 3 aromatic rings. The third kappa shape index (κ3) is 2.22. The quantitative estimate of drug-likeness (QED) is 0.802. The van der Waals surface area contributed by atoms with Crippen LogP contribution in [-0.4, -0.2) is 33.3 Å². The lowest BCUT2D eigenvalue weighted by molar-refractivity contribution is 0.532. The zero-order chi connectivity index (χ0) is 15.1. The molecule has 0 bridgehead atoms. The van der Waals surface area contributed by atoms with Crippen molar-refractivity contribution >= 4 is 17.2 Å². The van der Waals surface area contributed by atoms with E-state index >= 15 is 0 Å². The Morgan fingerprint density at radius 3 is 2.57 bits per heavy atom. The third-order valence-electron chi connectivity index (χ3n) is 3.56. The van der Waals surface area contributed by atoms with Gasteiger partial charge in [-0.15, -0.1) is 0 Å². The first-order valence-corrected chi connectivity index (χ1v) is 6.97. The van der Waals surface area contributed by atoms with Gasteiger partial charge in [0.25, 0.3) is 0 Å². The van der Waals surface area contributed by atoms with Crippen molar-refractivity contribution in [1.82, 2.24) is 19.2 Å². The van der Waals surface area contributed by atoms with Gasteiger partial charge in [-0.1, -0.05) is 0 Å². The number of anilines is 2. The van der Waals surface area contributed by atoms with E-state index in [1.165, 1.54) is 0 Å². The van der Waals surface area contributed by atoms with Crippen molar-refractivity contribution in [2.24, 2.45) is 0 Å². The van der Waals surface area contributed by atoms with Gasteiger partial charge in [-0.3, -0.25) is 9.08 Å². The molecule has 0 fully saturated rings. The topological polar surface area (TPSA) is 64.4 Å². The zero-order valence-corrected chi connectivity index (χ0v) is 12.8. The number of hydrogen-bond donors (Lipinski definition) is 1. The average Bonchev–Trinajstić information content (AvgIpc) is 3.03. The van der Waals surface area contributed by atoms with Gasteiger partial charge in [-0.05, 0) is 26.0 Å². The molecule has 2 N–H and O–H groups in total. The minimum Gasteiger partial charge on any atom is -0.383 e. The fourth-order valence-electron chi connectivity index (χ4n) is 2.27. The van der Waals surface area contributed by atoms with Crippen LogP contribution in [0.1, 0.15) is 19.9 Å². The molecule has 0 atom stereocenters. The predicted octanol–water partition coefficient (Wildman–Crippen LogP) is 2.43. The Labute approximate surface area is 123 Å². The molecule has 110 valence electrons. The van der Waals surface area contributed by atoms with Crippen molar-refractivity contribution < 1.29 is 0 Å². The fraction of sp³-hybridized carbons (Fsp3) is 0.333. The van der Waals surface area contributed by atoms with Crippen LogP contribution in [0.4, 0.5) is 11.5 Å². The first-order valence-electron chi connectivity index (χ1n) is 6.97. The van der Waals surface area contributed by atoms with E-state index in [1.54, 1.807) is 0 Å². The lowest BCUT2D eigenvalue weighted by atomic mass is 10.2. The number of hydrogen-bond acceptors (Lipinski definition) is 4. The van der Waals surface area contributed by atoms with Gasteiger partial charge in [0.1, 0.15) is 17.2 Å². The maximum Gasteiger partial charge on any atom is 0.139 e. The number of nitrogens with zero attached hydrogens (tertiary/aromatic N) is 5. The normalized spacial score (nSPS) is 11.5. The summed E-state index contributed by atoms with van der Waals surface area (Å²) in [5.41, 5.74) is 9.91. The summed E-state index contributed by atoms with van der Waals surface area (Å²) in [5.74, 6) is 0.636. The summed E-state index contributed by atoms with van der Waals surface area (Å²) in [5, 5.41) is 4.35. The standard InChI is InChI=1S/C15H20N6/c1-10(2)21-8-11(7-17-21)14-15(16)20-9-12(19(3)4)5-6-13(20)18-14/h5-10H,16H2,1-4H3. The summed E-state index contributed by atoms with van der Waals surface area (Å²) in [7, 11) is 4.00. The highest BCUT2D eigenvalue weighted by Crippen LogP contribution is 2.28. The Morgan fingerprint density at radius 1 is 1.19 bits per heavy atom. The molecule has 0 aromatic carbocycles. The van der Waals surface area contributed by atoms with Gasteiger partial charge in [-0.2, -0.15) is 5.10 Å². The van der Waals surface area contributed by atoms with Crippen molar-refractivity contribution in [1.29, 1.82) is 0 Å². The Balaban J connectivity index is 2.12. The molecule has 3 aromatic heterocycles. The summed E-state index contributed by atoms with van der Waals surface area (Å²) in [6.07, 6.45) is 5.79. The SMILES string of the molecule is CC(C)n1cc(-c2nc3ccc(N(C)C)cn3c2N)cn1. The number of imidazole rings is 1. The van der Waals surface area contributed by atoms with Crippen molar-refractivity contribution in [2.45, 2.75) is 19.9 Å². The Kier molecular flexibility index (Phi) is 3.08. The molecule has 0 saturated carbocycles. The van der Waals surface area contributed by atoms with Crippen molar-refractivity contribution in [3.63, 3.8) is 0 Å². The number of pyridine rings is 1. The van der Waals surface area contributed by atoms with E-state index in [1.807, 2.05) is 58.8 Å². The molecule has 0 aliphatic rings. The maximum absolute atomic E-state index is 6.27. The second-order valence-corrected chi connectivity index (χ2v) is 5.66. The molecule has 6 nitrogen and oxygen atoms in total. The van der Waals surface area contributed by atoms with Crippen LogP contribution in [0.3, 0.4) is 0 Å². The molecule has 0 unspecified atom stereocenters. The number of fused-ring (bicyclic) bond motifs is 1. The third-order valence-corrected chi connectivity index (χ3v) is 3.56. The maximum atomic E-state index is 6.27. The molecule has 21 heavy (non-hydrogen) atoms. The second kappa shape index (κ2) is 4.80. The molecule has 0 amide bonds. The van der Waals surface area contributed by atoms with Crippen LogP contribution in [0.5, 0.6) is 0 Å². The van der Waals surface area contributed by atoms with Crippen LogP contribution in [-0.2, 0) is 0 Å². The van der Waals surface area contributed by atoms with E-state index in [0.717, 1.165) is 22.6 Å². The number of nitrogens with two attached hydrogens (primary N) is 1. The predicted molar refractivity (Wildman–Crippen MR) is 85.5 cm³/mol. The van der Waals surface area contributed by atoms with Crippen LogP contribution < -0.4 is 10.6 Å². The number of nitrogen functional groups attached to an aromatic ring is 1. The molecule has 6 heteroatoms. The average molecular weight is 284 g/mol. The summed E-state index contributed by atoms with van der Waals surface area (Å²) in [4.78, 5) is 6.66. The largest absolute Gasteiger partial charge is 0.383 e. The molecule has 3 rings (SSSR count). The zero-order valence-electron chi connectivity index (χ0n) is 12.8. The van der Waals surface area contributed by atoms with Crippen molar-refractivity contribution in [2.75, 3.05) is 24.7 Å². The van der Waals surface area contributed by atoms with Crippen molar-refractivity contribution in [3.05, 3.63) is 30.7 Å². The smallest absolute Gasteiger partial charge is 0.139 e. The number of rotatable bonds is 3. The lowest BCUT2D eigenvalue weighted by Gasteiger charge is -2.12. The monoisotopic (exact) mass is 284 g/mol. The second-order valence-electron chi connectivity index (χ2n) is 5.66. The Hall–Kier alpha value is -2.50. The van der Waals surface area contributed by atoms with Crippen LogP contribution in [0, 0.1) is 0 Å². The molecular weight excluding hydrogens is 264 g/mol. The summed E-state index contributed by atoms with van der Waals surface area (Å²) in [6.45, 7) is 4.18. The van der Waals surface area contributed by atoms with Gasteiger partial charge >= 0.3 is 0 Å². The van der Waals surface area contributed by atoms with E-state index in [9.17, 15) is 0 Å². The minimum atomic E-state index is 0.317. The van der Waals surface area contributed by atoms with E-state index < -0.39 is 0 Å². The Morgan fingerprint density at radius 2 is 1.95 bits per heavy atom. The van der Waals surface area contributed by atoms with Crippen LogP contribution in [0.2, 0.25) is 0 Å². The summed E-state index contributed by atoms with van der Waals surface area (Å²) in [6, 6.07) is 4.32. The van der Waals surface area contributed by atoms with Crippen LogP contribution in [0.15, 0.2) is 30.7 Å². The fourth-order valence-corrected chi connectivity index (χ4v) is 2.27. The van der Waals surface area contributed by atoms with Crippen molar-refractivity contribution in [3.8, 4) is 11.3 Å². The Bertz CT molecular complexity index is 781. The summed E-state index contributed by atoms with van der Waals surface area (Å²) >= 11 is 0. The van der Waals surface area contributed by atoms with Gasteiger partial charge in [0.2, 0.25) is 0 Å². The molecule has 0 radical (unpaired) electrons. The molecule has 0 aliphatic carbocycles. The lowest BCUT2D eigenvalue weighted by Crippen LogP contribution is -2.09. The van der Waals surface area contributed by atoms with Gasteiger partial charge in [0, 0.05) is 38.1 Å². The van der Waals surface area contributed by atoms with E-state index in [-0.39, 0.29) is 0 Å². The highest BCUT2D eigenvalue weighted by atomic mass is 15.3. The highest BCUT2D eigenvalue weighted by Gasteiger charge is 2.14. The molecule has 0 spiro atoms. The van der Waals surface area contributed by atoms with Gasteiger partial charge in [0.05, 0.1) is 11.9 Å². The molecule has 0 aliphatic heterocycles. The first kappa shape index (κ1) is 13.5. The van der Waals surface area contributed by atoms with Gasteiger partial charge < -0.3 is 10.6 Å². The van der Waals surface area contributed by atoms with Crippen LogP contribution >= 0.6 is 0 Å². The van der Waals surface area contributed by atoms with Crippen LogP contribution in [0.25, 0.3) is 16.9 Å². The number of aromatic nitrogens is 4. The molecular formula is C15H20N6. The van der Waals surface area contributed by atoms with E-state index in [2.05, 4.69) is 23.9 Å². The highest BCUT2D eigenvalue weighted by molar-refractivity contribution is 5.74. The van der Waals surface area contributed by atoms with E-state index in [0.29, 0.717) is 11.9 Å². The van der Waals surface area contributed by atoms with E-state index in [4.69, 9.17) is 5.73 Å². The molecule has 3 heterocycles. The first-order chi connectivity index (χ1) is 9.97. The summed E-state index contributed by atoms with van der Waals surface area (Å²) < 4.78 is 3.82. The van der Waals surface area contributed by atoms with Gasteiger partial charge in [-0.25, -0.2) is 4.98 Å².